The number of rotatable bonds is 1. The number of aromatic nitrogens is 6. The number of fused-ring (bicyclic) bond motifs is 3. The van der Waals surface area contributed by atoms with Crippen molar-refractivity contribution >= 4 is 11.6 Å². The van der Waals surface area contributed by atoms with Gasteiger partial charge in [-0.15, -0.1) is 20.4 Å². The van der Waals surface area contributed by atoms with Gasteiger partial charge in [-0.25, -0.2) is 0 Å². The topological polar surface area (TPSA) is 61.4 Å². The lowest BCUT2D eigenvalue weighted by molar-refractivity contribution is -0.137. The Bertz CT molecular complexity index is 929. The Morgan fingerprint density at radius 1 is 1.12 bits per heavy atom. The number of halogens is 4. The minimum absolute atomic E-state index is 0.0842. The zero-order valence-corrected chi connectivity index (χ0v) is 13.0. The van der Waals surface area contributed by atoms with Gasteiger partial charge in [0, 0.05) is 12.1 Å². The number of nitrogens with zero attached hydrogens (tertiary/aromatic N) is 6. The van der Waals surface area contributed by atoms with Crippen molar-refractivity contribution in [3.63, 3.8) is 0 Å². The molecule has 124 valence electrons. The van der Waals surface area contributed by atoms with E-state index in [4.69, 9.17) is 11.6 Å². The predicted molar refractivity (Wildman–Crippen MR) is 79.2 cm³/mol. The first kappa shape index (κ1) is 15.1. The molecule has 2 aromatic heterocycles. The van der Waals surface area contributed by atoms with Crippen LogP contribution in [0.3, 0.4) is 0 Å². The van der Waals surface area contributed by atoms with E-state index in [9.17, 15) is 13.2 Å². The number of hydrogen-bond acceptors (Lipinski definition) is 4. The van der Waals surface area contributed by atoms with Crippen LogP contribution in [0.25, 0.3) is 23.0 Å². The fraction of sp³-hybridized carbons (Fsp3) is 0.286. The highest BCUT2D eigenvalue weighted by molar-refractivity contribution is 6.34. The van der Waals surface area contributed by atoms with Crippen LogP contribution in [-0.4, -0.2) is 29.5 Å². The van der Waals surface area contributed by atoms with E-state index in [1.807, 2.05) is 11.5 Å². The van der Waals surface area contributed by atoms with Crippen LogP contribution < -0.4 is 0 Å². The number of hydrogen-bond donors (Lipinski definition) is 0. The van der Waals surface area contributed by atoms with Crippen LogP contribution in [0.5, 0.6) is 0 Å². The lowest BCUT2D eigenvalue weighted by Gasteiger charge is -2.24. The second-order valence-corrected chi connectivity index (χ2v) is 5.92. The Kier molecular flexibility index (Phi) is 3.17. The van der Waals surface area contributed by atoms with Gasteiger partial charge in [0.1, 0.15) is 6.33 Å². The van der Waals surface area contributed by atoms with Crippen molar-refractivity contribution < 1.29 is 13.2 Å². The minimum Gasteiger partial charge on any atom is -0.309 e. The van der Waals surface area contributed by atoms with Gasteiger partial charge in [0.05, 0.1) is 16.6 Å². The summed E-state index contributed by atoms with van der Waals surface area (Å²) in [4.78, 5) is 0. The molecular formula is C14H10ClF3N6. The van der Waals surface area contributed by atoms with E-state index >= 15 is 0 Å². The molecule has 0 fully saturated rings. The van der Waals surface area contributed by atoms with Crippen molar-refractivity contribution in [1.82, 2.24) is 29.5 Å². The van der Waals surface area contributed by atoms with Crippen LogP contribution in [0.4, 0.5) is 13.2 Å². The van der Waals surface area contributed by atoms with E-state index in [-0.39, 0.29) is 22.5 Å². The molecule has 4 rings (SSSR count). The van der Waals surface area contributed by atoms with Crippen LogP contribution in [0.15, 0.2) is 24.5 Å². The molecule has 0 amide bonds. The van der Waals surface area contributed by atoms with Gasteiger partial charge < -0.3 is 4.57 Å². The molecule has 24 heavy (non-hydrogen) atoms. The highest BCUT2D eigenvalue weighted by atomic mass is 35.5. The van der Waals surface area contributed by atoms with E-state index in [1.54, 1.807) is 10.9 Å². The van der Waals surface area contributed by atoms with Crippen molar-refractivity contribution in [1.29, 1.82) is 0 Å². The van der Waals surface area contributed by atoms with E-state index in [2.05, 4.69) is 20.4 Å². The number of alkyl halides is 3. The summed E-state index contributed by atoms with van der Waals surface area (Å²) in [6, 6.07) is 3.67. The third kappa shape index (κ3) is 2.11. The summed E-state index contributed by atoms with van der Waals surface area (Å²) in [5, 5.41) is 15.6. The molecule has 0 bridgehead atoms. The van der Waals surface area contributed by atoms with E-state index in [1.165, 1.54) is 12.1 Å². The maximum Gasteiger partial charge on any atom is 0.417 e. The van der Waals surface area contributed by atoms with Gasteiger partial charge in [-0.3, -0.25) is 4.57 Å². The Morgan fingerprint density at radius 2 is 1.88 bits per heavy atom. The van der Waals surface area contributed by atoms with Gasteiger partial charge in [-0.05, 0) is 19.1 Å². The van der Waals surface area contributed by atoms with Crippen LogP contribution in [0, 0.1) is 0 Å². The molecule has 1 atom stereocenters. The fourth-order valence-electron chi connectivity index (χ4n) is 2.90. The van der Waals surface area contributed by atoms with Gasteiger partial charge in [-0.1, -0.05) is 17.7 Å². The molecule has 3 aromatic rings. The van der Waals surface area contributed by atoms with E-state index < -0.39 is 11.7 Å². The first-order valence-electron chi connectivity index (χ1n) is 7.07. The van der Waals surface area contributed by atoms with Gasteiger partial charge in [0.2, 0.25) is 11.6 Å². The van der Waals surface area contributed by atoms with Crippen molar-refractivity contribution in [3.8, 4) is 23.0 Å². The van der Waals surface area contributed by atoms with Gasteiger partial charge in [0.25, 0.3) is 0 Å². The summed E-state index contributed by atoms with van der Waals surface area (Å²) in [7, 11) is 0. The van der Waals surface area contributed by atoms with Crippen molar-refractivity contribution in [3.05, 3.63) is 35.1 Å². The standard InChI is InChI=1S/C14H10ClF3N6/c1-7-5-23-6-19-20-12(23)13-22-21-11(24(7)13)8-3-2-4-9(10(8)15)14(16,17)18/h2-4,6-7H,5H2,1H3/t7-/m0/s1. The fourth-order valence-corrected chi connectivity index (χ4v) is 3.21. The van der Waals surface area contributed by atoms with Crippen LogP contribution in [-0.2, 0) is 12.7 Å². The molecule has 0 unspecified atom stereocenters. The van der Waals surface area contributed by atoms with Gasteiger partial charge >= 0.3 is 6.18 Å². The second kappa shape index (κ2) is 5.04. The van der Waals surface area contributed by atoms with Crippen LogP contribution in [0.2, 0.25) is 5.02 Å². The maximum absolute atomic E-state index is 13.1. The van der Waals surface area contributed by atoms with E-state index in [0.717, 1.165) is 6.07 Å². The highest BCUT2D eigenvalue weighted by Gasteiger charge is 2.35. The summed E-state index contributed by atoms with van der Waals surface area (Å²) in [5.41, 5.74) is -0.712. The Hall–Kier alpha value is -2.42. The summed E-state index contributed by atoms with van der Waals surface area (Å²) >= 11 is 6.02. The number of benzene rings is 1. The second-order valence-electron chi connectivity index (χ2n) is 5.54. The zero-order valence-electron chi connectivity index (χ0n) is 12.3. The van der Waals surface area contributed by atoms with Crippen molar-refractivity contribution in [2.75, 3.05) is 0 Å². The molecule has 1 aliphatic heterocycles. The molecule has 1 aromatic carbocycles. The monoisotopic (exact) mass is 354 g/mol. The lowest BCUT2D eigenvalue weighted by atomic mass is 10.1. The first-order chi connectivity index (χ1) is 11.4. The summed E-state index contributed by atoms with van der Waals surface area (Å²) in [6.07, 6.45) is -2.95. The lowest BCUT2D eigenvalue weighted by Crippen LogP contribution is -2.21. The van der Waals surface area contributed by atoms with Gasteiger partial charge in [-0.2, -0.15) is 13.2 Å². The smallest absolute Gasteiger partial charge is 0.309 e. The minimum atomic E-state index is -4.54. The Balaban J connectivity index is 1.93. The molecule has 3 heterocycles. The third-order valence-corrected chi connectivity index (χ3v) is 4.37. The SMILES string of the molecule is C[C@H]1Cn2cnnc2-c2nnc(-c3cccc(C(F)(F)F)c3Cl)n21. The average molecular weight is 355 g/mol. The molecule has 0 spiro atoms. The molecule has 6 nitrogen and oxygen atoms in total. The molecule has 0 radical (unpaired) electrons. The summed E-state index contributed by atoms with van der Waals surface area (Å²) in [6.45, 7) is 2.48. The molecule has 0 aliphatic carbocycles. The molecule has 0 saturated heterocycles. The molecule has 0 N–H and O–H groups in total. The third-order valence-electron chi connectivity index (χ3n) is 3.96. The van der Waals surface area contributed by atoms with Gasteiger partial charge in [0.15, 0.2) is 5.82 Å². The largest absolute Gasteiger partial charge is 0.417 e. The van der Waals surface area contributed by atoms with Crippen molar-refractivity contribution in [2.45, 2.75) is 25.7 Å². The summed E-state index contributed by atoms with van der Waals surface area (Å²) < 4.78 is 42.8. The predicted octanol–water partition coefficient (Wildman–Crippen LogP) is 3.45. The maximum atomic E-state index is 13.1. The van der Waals surface area contributed by atoms with E-state index in [0.29, 0.717) is 18.2 Å². The summed E-state index contributed by atoms with van der Waals surface area (Å²) in [5.74, 6) is 1.26. The highest BCUT2D eigenvalue weighted by Crippen LogP contribution is 2.41. The normalized spacial score (nSPS) is 16.8. The molecule has 0 saturated carbocycles. The zero-order chi connectivity index (χ0) is 17.1. The Labute approximate surface area is 138 Å². The molecule has 10 heteroatoms. The molecular weight excluding hydrogens is 345 g/mol. The average Bonchev–Trinajstić information content (AvgIpc) is 3.12. The van der Waals surface area contributed by atoms with Crippen molar-refractivity contribution in [2.24, 2.45) is 0 Å². The first-order valence-corrected chi connectivity index (χ1v) is 7.45. The molecule has 1 aliphatic rings. The quantitative estimate of drug-likeness (QED) is 0.671. The van der Waals surface area contributed by atoms with Crippen LogP contribution >= 0.6 is 11.6 Å². The van der Waals surface area contributed by atoms with Crippen LogP contribution in [0.1, 0.15) is 18.5 Å². The Morgan fingerprint density at radius 3 is 2.62 bits per heavy atom.